The molecule has 24 heavy (non-hydrogen) atoms. The van der Waals surface area contributed by atoms with Gasteiger partial charge < -0.3 is 19.9 Å². The van der Waals surface area contributed by atoms with Crippen LogP contribution in [0.3, 0.4) is 0 Å². The molecular weight excluding hydrogens is 326 g/mol. The maximum atomic E-state index is 12.3. The fourth-order valence-electron chi connectivity index (χ4n) is 2.25. The molecule has 0 bridgehead atoms. The predicted molar refractivity (Wildman–Crippen MR) is 99.4 cm³/mol. The maximum absolute atomic E-state index is 12.3. The number of carbonyl (C=O) groups excluding carboxylic acids is 2. The van der Waals surface area contributed by atoms with E-state index in [4.69, 9.17) is 4.74 Å². The van der Waals surface area contributed by atoms with Crippen molar-refractivity contribution in [2.75, 3.05) is 45.2 Å². The van der Waals surface area contributed by atoms with Gasteiger partial charge in [0.2, 0.25) is 5.91 Å². The van der Waals surface area contributed by atoms with E-state index in [2.05, 4.69) is 5.32 Å². The lowest BCUT2D eigenvalue weighted by Gasteiger charge is -2.36. The Kier molecular flexibility index (Phi) is 8.62. The third-order valence-corrected chi connectivity index (χ3v) is 4.46. The lowest BCUT2D eigenvalue weighted by Crippen LogP contribution is -2.49. The summed E-state index contributed by atoms with van der Waals surface area (Å²) >= 11 is 1.84. The lowest BCUT2D eigenvalue weighted by molar-refractivity contribution is -0.116. The van der Waals surface area contributed by atoms with E-state index in [1.54, 1.807) is 11.0 Å². The summed E-state index contributed by atoms with van der Waals surface area (Å²) in [6.45, 7) is 7.60. The monoisotopic (exact) mass is 357 g/mol. The summed E-state index contributed by atoms with van der Waals surface area (Å²) in [5.74, 6) is 1.71. The van der Waals surface area contributed by atoms with E-state index in [1.165, 1.54) is 0 Å². The zero-order valence-electron chi connectivity index (χ0n) is 15.5. The highest BCUT2D eigenvalue weighted by atomic mass is 32.2. The molecule has 7 heteroatoms. The molecule has 0 aromatic carbocycles. The molecule has 1 N–H and O–H groups in total. The summed E-state index contributed by atoms with van der Waals surface area (Å²) in [4.78, 5) is 27.8. The number of hydrogen-bond donors (Lipinski definition) is 1. The molecule has 1 heterocycles. The summed E-state index contributed by atoms with van der Waals surface area (Å²) in [6, 6.07) is 0.102. The van der Waals surface area contributed by atoms with Gasteiger partial charge in [-0.1, -0.05) is 6.08 Å². The van der Waals surface area contributed by atoms with Crippen LogP contribution in [-0.4, -0.2) is 78.7 Å². The highest BCUT2D eigenvalue weighted by molar-refractivity contribution is 7.99. The Labute approximate surface area is 150 Å². The average Bonchev–Trinajstić information content (AvgIpc) is 2.45. The van der Waals surface area contributed by atoms with Crippen LogP contribution in [0.1, 0.15) is 27.2 Å². The average molecular weight is 358 g/mol. The molecule has 138 valence electrons. The normalized spacial score (nSPS) is 18.9. The van der Waals surface area contributed by atoms with E-state index in [0.717, 1.165) is 24.5 Å². The molecule has 0 saturated carbocycles. The van der Waals surface area contributed by atoms with Gasteiger partial charge in [-0.15, -0.1) is 0 Å². The first kappa shape index (κ1) is 20.8. The van der Waals surface area contributed by atoms with Crippen molar-refractivity contribution >= 4 is 23.8 Å². The first-order valence-corrected chi connectivity index (χ1v) is 9.51. The van der Waals surface area contributed by atoms with Crippen LogP contribution in [0.2, 0.25) is 0 Å². The minimum absolute atomic E-state index is 0.0934. The van der Waals surface area contributed by atoms with E-state index in [1.807, 2.05) is 57.6 Å². The molecule has 2 amide bonds. The minimum Gasteiger partial charge on any atom is -0.444 e. The van der Waals surface area contributed by atoms with E-state index >= 15 is 0 Å². The number of nitrogens with one attached hydrogen (secondary N) is 1. The van der Waals surface area contributed by atoms with Crippen LogP contribution < -0.4 is 5.32 Å². The molecule has 0 radical (unpaired) electrons. The molecule has 0 spiro atoms. The van der Waals surface area contributed by atoms with Crippen molar-refractivity contribution < 1.29 is 14.3 Å². The predicted octanol–water partition coefficient (Wildman–Crippen LogP) is 1.96. The number of amides is 2. The topological polar surface area (TPSA) is 61.9 Å². The quantitative estimate of drug-likeness (QED) is 0.737. The Morgan fingerprint density at radius 1 is 1.38 bits per heavy atom. The number of hydrogen-bond acceptors (Lipinski definition) is 5. The number of ether oxygens (including phenoxy) is 1. The summed E-state index contributed by atoms with van der Waals surface area (Å²) in [7, 11) is 3.91. The summed E-state index contributed by atoms with van der Waals surface area (Å²) in [6.07, 6.45) is 3.87. The number of carbonyl (C=O) groups is 2. The van der Waals surface area contributed by atoms with Crippen LogP contribution in [0.25, 0.3) is 0 Å². The van der Waals surface area contributed by atoms with Crippen LogP contribution in [-0.2, 0) is 9.53 Å². The molecule has 1 aliphatic heterocycles. The molecular formula is C17H31N3O3S. The molecule has 0 aromatic rings. The second kappa shape index (κ2) is 9.93. The van der Waals surface area contributed by atoms with Gasteiger partial charge in [-0.05, 0) is 41.3 Å². The SMILES string of the molecule is CN(C)C/C=C/C(=O)NCCC1CSCCN1C(=O)OC(C)(C)C. The second-order valence-corrected chi connectivity index (χ2v) is 8.30. The Bertz CT molecular complexity index is 447. The first-order valence-electron chi connectivity index (χ1n) is 8.35. The molecule has 1 atom stereocenters. The van der Waals surface area contributed by atoms with Gasteiger partial charge in [0, 0.05) is 43.3 Å². The van der Waals surface area contributed by atoms with Crippen LogP contribution >= 0.6 is 11.8 Å². The Balaban J connectivity index is 2.42. The molecule has 1 aliphatic rings. The molecule has 1 fully saturated rings. The minimum atomic E-state index is -0.488. The standard InChI is InChI=1S/C17H31N3O3S/c1-17(2,3)23-16(22)20-11-12-24-13-14(20)8-9-18-15(21)7-6-10-19(4)5/h6-7,14H,8-13H2,1-5H3,(H,18,21)/b7-6+. The van der Waals surface area contributed by atoms with Gasteiger partial charge in [0.15, 0.2) is 0 Å². The van der Waals surface area contributed by atoms with Gasteiger partial charge >= 0.3 is 6.09 Å². The van der Waals surface area contributed by atoms with E-state index in [9.17, 15) is 9.59 Å². The van der Waals surface area contributed by atoms with Crippen molar-refractivity contribution in [3.8, 4) is 0 Å². The van der Waals surface area contributed by atoms with E-state index in [-0.39, 0.29) is 18.0 Å². The van der Waals surface area contributed by atoms with Crippen LogP contribution in [0.4, 0.5) is 4.79 Å². The molecule has 6 nitrogen and oxygen atoms in total. The fraction of sp³-hybridized carbons (Fsp3) is 0.765. The van der Waals surface area contributed by atoms with E-state index < -0.39 is 5.60 Å². The van der Waals surface area contributed by atoms with Gasteiger partial charge in [-0.3, -0.25) is 4.79 Å². The number of nitrogens with zero attached hydrogens (tertiary/aromatic N) is 2. The smallest absolute Gasteiger partial charge is 0.410 e. The highest BCUT2D eigenvalue weighted by Crippen LogP contribution is 2.21. The highest BCUT2D eigenvalue weighted by Gasteiger charge is 2.30. The van der Waals surface area contributed by atoms with E-state index in [0.29, 0.717) is 13.1 Å². The van der Waals surface area contributed by atoms with Gasteiger partial charge in [-0.2, -0.15) is 11.8 Å². The largest absolute Gasteiger partial charge is 0.444 e. The first-order chi connectivity index (χ1) is 11.2. The zero-order chi connectivity index (χ0) is 18.2. The van der Waals surface area contributed by atoms with Crippen LogP contribution in [0.5, 0.6) is 0 Å². The van der Waals surface area contributed by atoms with Crippen molar-refractivity contribution in [2.24, 2.45) is 0 Å². The molecule has 0 aliphatic carbocycles. The third kappa shape index (κ3) is 8.59. The van der Waals surface area contributed by atoms with Crippen molar-refractivity contribution in [2.45, 2.75) is 38.8 Å². The molecule has 1 rings (SSSR count). The van der Waals surface area contributed by atoms with Crippen LogP contribution in [0.15, 0.2) is 12.2 Å². The van der Waals surface area contributed by atoms with Gasteiger partial charge in [0.25, 0.3) is 0 Å². The second-order valence-electron chi connectivity index (χ2n) is 7.15. The van der Waals surface area contributed by atoms with Crippen molar-refractivity contribution in [1.29, 1.82) is 0 Å². The van der Waals surface area contributed by atoms with Crippen LogP contribution in [0, 0.1) is 0 Å². The lowest BCUT2D eigenvalue weighted by atomic mass is 10.2. The Morgan fingerprint density at radius 2 is 2.08 bits per heavy atom. The van der Waals surface area contributed by atoms with Crippen molar-refractivity contribution in [3.63, 3.8) is 0 Å². The van der Waals surface area contributed by atoms with Gasteiger partial charge in [0.05, 0.1) is 0 Å². The third-order valence-electron chi connectivity index (χ3n) is 3.37. The summed E-state index contributed by atoms with van der Waals surface area (Å²) < 4.78 is 5.48. The fourth-order valence-corrected chi connectivity index (χ4v) is 3.36. The zero-order valence-corrected chi connectivity index (χ0v) is 16.3. The van der Waals surface area contributed by atoms with Gasteiger partial charge in [0.1, 0.15) is 5.60 Å². The summed E-state index contributed by atoms with van der Waals surface area (Å²) in [5.41, 5.74) is -0.488. The summed E-state index contributed by atoms with van der Waals surface area (Å²) in [5, 5.41) is 2.88. The molecule has 1 saturated heterocycles. The Morgan fingerprint density at radius 3 is 2.71 bits per heavy atom. The number of thioether (sulfide) groups is 1. The maximum Gasteiger partial charge on any atom is 0.410 e. The number of rotatable bonds is 6. The molecule has 0 aromatic heterocycles. The van der Waals surface area contributed by atoms with Gasteiger partial charge in [-0.25, -0.2) is 4.79 Å². The Hall–Kier alpha value is -1.21. The van der Waals surface area contributed by atoms with Crippen molar-refractivity contribution in [1.82, 2.24) is 15.1 Å². The van der Waals surface area contributed by atoms with Crippen molar-refractivity contribution in [3.05, 3.63) is 12.2 Å². The number of likely N-dealkylation sites (N-methyl/N-ethyl adjacent to an activating group) is 1. The molecule has 1 unspecified atom stereocenters.